The van der Waals surface area contributed by atoms with Crippen LogP contribution in [-0.4, -0.2) is 25.9 Å². The summed E-state index contributed by atoms with van der Waals surface area (Å²) >= 11 is 0. The van der Waals surface area contributed by atoms with Crippen molar-refractivity contribution in [1.82, 2.24) is 19.3 Å². The molecule has 26 heavy (non-hydrogen) atoms. The van der Waals surface area contributed by atoms with Crippen LogP contribution in [0, 0.1) is 6.92 Å². The minimum absolute atomic E-state index is 0.00527. The van der Waals surface area contributed by atoms with Gasteiger partial charge in [0.05, 0.1) is 18.5 Å². The average molecular weight is 352 g/mol. The molecule has 0 unspecified atom stereocenters. The molecule has 0 bridgehead atoms. The molecule has 0 aromatic carbocycles. The molecule has 0 fully saturated rings. The second-order valence-corrected chi connectivity index (χ2v) is 6.22. The van der Waals surface area contributed by atoms with Crippen LogP contribution in [0.25, 0.3) is 16.8 Å². The zero-order valence-corrected chi connectivity index (χ0v) is 15.5. The lowest BCUT2D eigenvalue weighted by molar-refractivity contribution is 0.305. The third-order valence-electron chi connectivity index (χ3n) is 4.10. The number of rotatable bonds is 7. The average Bonchev–Trinajstić information content (AvgIpc) is 3.12. The first-order valence-electron chi connectivity index (χ1n) is 8.98. The summed E-state index contributed by atoms with van der Waals surface area (Å²) < 4.78 is 9.08. The van der Waals surface area contributed by atoms with E-state index < -0.39 is 0 Å². The van der Waals surface area contributed by atoms with Gasteiger partial charge in [0, 0.05) is 47.9 Å². The molecule has 0 radical (unpaired) electrons. The van der Waals surface area contributed by atoms with E-state index in [-0.39, 0.29) is 5.56 Å². The fourth-order valence-electron chi connectivity index (χ4n) is 2.80. The molecule has 0 spiro atoms. The highest BCUT2D eigenvalue weighted by Crippen LogP contribution is 2.24. The summed E-state index contributed by atoms with van der Waals surface area (Å²) in [4.78, 5) is 16.4. The largest absolute Gasteiger partial charge is 0.478 e. The Kier molecular flexibility index (Phi) is 5.51. The molecular weight excluding hydrogens is 328 g/mol. The first-order valence-corrected chi connectivity index (χ1v) is 8.98. The summed E-state index contributed by atoms with van der Waals surface area (Å²) in [6.45, 7) is 7.45. The van der Waals surface area contributed by atoms with Gasteiger partial charge in [-0.05, 0) is 31.9 Å². The fourth-order valence-corrected chi connectivity index (χ4v) is 2.80. The zero-order valence-electron chi connectivity index (χ0n) is 15.5. The van der Waals surface area contributed by atoms with Crippen molar-refractivity contribution in [3.05, 3.63) is 58.9 Å². The van der Waals surface area contributed by atoms with Crippen molar-refractivity contribution in [2.75, 3.05) is 6.61 Å². The van der Waals surface area contributed by atoms with Gasteiger partial charge >= 0.3 is 0 Å². The van der Waals surface area contributed by atoms with Gasteiger partial charge in [-0.25, -0.2) is 9.67 Å². The lowest BCUT2D eigenvalue weighted by atomic mass is 10.1. The zero-order chi connectivity index (χ0) is 18.5. The Bertz CT molecular complexity index is 943. The number of hydrogen-bond donors (Lipinski definition) is 0. The highest BCUT2D eigenvalue weighted by atomic mass is 16.5. The molecule has 3 heterocycles. The Morgan fingerprint density at radius 1 is 1.08 bits per heavy atom. The van der Waals surface area contributed by atoms with Crippen molar-refractivity contribution in [2.45, 2.75) is 40.2 Å². The number of pyridine rings is 2. The molecule has 0 amide bonds. The van der Waals surface area contributed by atoms with Gasteiger partial charge in [0.15, 0.2) is 0 Å². The maximum Gasteiger partial charge on any atom is 0.250 e. The fraction of sp³-hybridized carbons (Fsp3) is 0.350. The van der Waals surface area contributed by atoms with Crippen LogP contribution in [-0.2, 0) is 6.54 Å². The van der Waals surface area contributed by atoms with Gasteiger partial charge < -0.3 is 9.30 Å². The molecule has 6 nitrogen and oxygen atoms in total. The van der Waals surface area contributed by atoms with Crippen molar-refractivity contribution in [1.29, 1.82) is 0 Å². The molecular formula is C20H24N4O2. The smallest absolute Gasteiger partial charge is 0.250 e. The van der Waals surface area contributed by atoms with Crippen LogP contribution in [0.3, 0.4) is 0 Å². The van der Waals surface area contributed by atoms with E-state index >= 15 is 0 Å². The molecule has 0 aliphatic carbocycles. The maximum absolute atomic E-state index is 11.9. The van der Waals surface area contributed by atoms with Crippen LogP contribution >= 0.6 is 0 Å². The lowest BCUT2D eigenvalue weighted by Crippen LogP contribution is -2.19. The minimum Gasteiger partial charge on any atom is -0.478 e. The minimum atomic E-state index is 0.00527. The van der Waals surface area contributed by atoms with Gasteiger partial charge in [0.2, 0.25) is 5.88 Å². The number of aryl methyl sites for hydroxylation is 2. The Hall–Kier alpha value is -2.89. The van der Waals surface area contributed by atoms with Gasteiger partial charge in [-0.2, -0.15) is 5.10 Å². The van der Waals surface area contributed by atoms with E-state index in [0.29, 0.717) is 19.0 Å². The van der Waals surface area contributed by atoms with E-state index in [4.69, 9.17) is 4.74 Å². The molecule has 3 aromatic heterocycles. The predicted molar refractivity (Wildman–Crippen MR) is 102 cm³/mol. The molecule has 0 saturated carbocycles. The normalized spacial score (nSPS) is 10.9. The molecule has 3 aromatic rings. The summed E-state index contributed by atoms with van der Waals surface area (Å²) in [5.41, 5.74) is 3.75. The highest BCUT2D eigenvalue weighted by Gasteiger charge is 2.09. The van der Waals surface area contributed by atoms with Crippen LogP contribution in [0.5, 0.6) is 5.88 Å². The van der Waals surface area contributed by atoms with E-state index in [1.807, 2.05) is 37.6 Å². The SMILES string of the molecule is CCCOc1ccc(-c2cnn(-c3ccc(=O)n(CCC)c3)c2)c(C)n1. The lowest BCUT2D eigenvalue weighted by Gasteiger charge is -2.08. The van der Waals surface area contributed by atoms with Gasteiger partial charge in [-0.3, -0.25) is 4.79 Å². The Morgan fingerprint density at radius 3 is 2.65 bits per heavy atom. The molecule has 0 N–H and O–H groups in total. The van der Waals surface area contributed by atoms with Crippen molar-refractivity contribution in [3.63, 3.8) is 0 Å². The van der Waals surface area contributed by atoms with E-state index in [1.54, 1.807) is 21.4 Å². The topological polar surface area (TPSA) is 61.9 Å². The van der Waals surface area contributed by atoms with Crippen molar-refractivity contribution >= 4 is 0 Å². The Morgan fingerprint density at radius 2 is 1.92 bits per heavy atom. The molecule has 6 heteroatoms. The Balaban J connectivity index is 1.88. The second-order valence-electron chi connectivity index (χ2n) is 6.22. The summed E-state index contributed by atoms with van der Waals surface area (Å²) in [6, 6.07) is 7.26. The molecule has 3 rings (SSSR count). The molecule has 0 aliphatic rings. The molecule has 0 atom stereocenters. The van der Waals surface area contributed by atoms with Gasteiger partial charge in [-0.15, -0.1) is 0 Å². The van der Waals surface area contributed by atoms with Crippen LogP contribution < -0.4 is 10.3 Å². The van der Waals surface area contributed by atoms with Crippen LogP contribution in [0.2, 0.25) is 0 Å². The van der Waals surface area contributed by atoms with Crippen LogP contribution in [0.15, 0.2) is 47.7 Å². The quantitative estimate of drug-likeness (QED) is 0.652. The first-order chi connectivity index (χ1) is 12.6. The highest BCUT2D eigenvalue weighted by molar-refractivity contribution is 5.65. The third kappa shape index (κ3) is 3.85. The molecule has 0 saturated heterocycles. The third-order valence-corrected chi connectivity index (χ3v) is 4.10. The standard InChI is InChI=1S/C20H24N4O2/c1-4-10-23-14-17(6-9-20(23)25)24-13-16(12-21-24)18-7-8-19(22-15(18)3)26-11-5-2/h6-9,12-14H,4-5,10-11H2,1-3H3. The number of ether oxygens (including phenoxy) is 1. The molecule has 136 valence electrons. The predicted octanol–water partition coefficient (Wildman–Crippen LogP) is 3.60. The van der Waals surface area contributed by atoms with E-state index in [0.717, 1.165) is 35.3 Å². The van der Waals surface area contributed by atoms with Crippen molar-refractivity contribution < 1.29 is 4.74 Å². The van der Waals surface area contributed by atoms with Gasteiger partial charge in [-0.1, -0.05) is 13.8 Å². The maximum atomic E-state index is 11.9. The number of aromatic nitrogens is 4. The summed E-state index contributed by atoms with van der Waals surface area (Å²) in [6.07, 6.45) is 7.47. The summed E-state index contributed by atoms with van der Waals surface area (Å²) in [5, 5.41) is 4.45. The monoisotopic (exact) mass is 352 g/mol. The van der Waals surface area contributed by atoms with Crippen molar-refractivity contribution in [2.24, 2.45) is 0 Å². The van der Waals surface area contributed by atoms with Crippen LogP contribution in [0.1, 0.15) is 32.4 Å². The Labute approximate surface area is 153 Å². The molecule has 0 aliphatic heterocycles. The summed E-state index contributed by atoms with van der Waals surface area (Å²) in [5.74, 6) is 0.645. The number of nitrogens with zero attached hydrogens (tertiary/aromatic N) is 4. The van der Waals surface area contributed by atoms with Crippen molar-refractivity contribution in [3.8, 4) is 22.7 Å². The number of hydrogen-bond acceptors (Lipinski definition) is 4. The second kappa shape index (κ2) is 7.99. The van der Waals surface area contributed by atoms with Gasteiger partial charge in [0.1, 0.15) is 0 Å². The van der Waals surface area contributed by atoms with Gasteiger partial charge in [0.25, 0.3) is 5.56 Å². The van der Waals surface area contributed by atoms with E-state index in [2.05, 4.69) is 23.9 Å². The van der Waals surface area contributed by atoms with E-state index in [9.17, 15) is 4.79 Å². The first kappa shape index (κ1) is 17.9. The van der Waals surface area contributed by atoms with Crippen LogP contribution in [0.4, 0.5) is 0 Å². The van der Waals surface area contributed by atoms with E-state index in [1.165, 1.54) is 0 Å². The summed E-state index contributed by atoms with van der Waals surface area (Å²) in [7, 11) is 0.